The number of hydrogen-bond donors (Lipinski definition) is 2. The first-order valence-corrected chi connectivity index (χ1v) is 6.83. The molecule has 4 nitrogen and oxygen atoms in total. The molecule has 0 spiro atoms. The van der Waals surface area contributed by atoms with E-state index in [1.807, 2.05) is 22.2 Å². The molecule has 0 saturated carbocycles. The van der Waals surface area contributed by atoms with Crippen molar-refractivity contribution >= 4 is 16.3 Å². The van der Waals surface area contributed by atoms with Crippen LogP contribution >= 0.6 is 11.3 Å². The molecule has 0 saturated heterocycles. The molecule has 0 bridgehead atoms. The summed E-state index contributed by atoms with van der Waals surface area (Å²) in [5.74, 6) is 0.532. The van der Waals surface area contributed by atoms with E-state index < -0.39 is 0 Å². The quantitative estimate of drug-likeness (QED) is 0.826. The Morgan fingerprint density at radius 1 is 1.53 bits per heavy atom. The number of nitrogens with zero attached hydrogens (tertiary/aromatic N) is 2. The van der Waals surface area contributed by atoms with Crippen molar-refractivity contribution in [3.05, 3.63) is 23.5 Å². The van der Waals surface area contributed by atoms with E-state index in [9.17, 15) is 5.11 Å². The Morgan fingerprint density at radius 2 is 2.35 bits per heavy atom. The average Bonchev–Trinajstić information content (AvgIpc) is 2.76. The smallest absolute Gasteiger partial charge is 0.193 e. The fourth-order valence-corrected chi connectivity index (χ4v) is 2.57. The van der Waals surface area contributed by atoms with Gasteiger partial charge in [0.15, 0.2) is 4.96 Å². The van der Waals surface area contributed by atoms with E-state index in [1.165, 1.54) is 0 Å². The van der Waals surface area contributed by atoms with Crippen molar-refractivity contribution in [2.75, 3.05) is 6.54 Å². The van der Waals surface area contributed by atoms with Gasteiger partial charge in [0.05, 0.1) is 11.8 Å². The third-order valence-electron chi connectivity index (χ3n) is 2.57. The van der Waals surface area contributed by atoms with Crippen LogP contribution in [0.15, 0.2) is 17.8 Å². The SMILES string of the molecule is CC(C)CC(O)CNCc1cn2ccsc2n1. The van der Waals surface area contributed by atoms with Crippen LogP contribution in [0.2, 0.25) is 0 Å². The minimum atomic E-state index is -0.265. The van der Waals surface area contributed by atoms with Gasteiger partial charge in [-0.05, 0) is 12.3 Å². The summed E-state index contributed by atoms with van der Waals surface area (Å²) in [5, 5.41) is 15.0. The van der Waals surface area contributed by atoms with Crippen LogP contribution in [0, 0.1) is 5.92 Å². The lowest BCUT2D eigenvalue weighted by Crippen LogP contribution is -2.27. The van der Waals surface area contributed by atoms with E-state index in [0.29, 0.717) is 19.0 Å². The maximum absolute atomic E-state index is 9.71. The van der Waals surface area contributed by atoms with Gasteiger partial charge in [-0.25, -0.2) is 4.98 Å². The Morgan fingerprint density at radius 3 is 3.06 bits per heavy atom. The number of hydrogen-bond acceptors (Lipinski definition) is 4. The Bertz CT molecular complexity index is 434. The molecule has 2 aromatic rings. The van der Waals surface area contributed by atoms with E-state index >= 15 is 0 Å². The summed E-state index contributed by atoms with van der Waals surface area (Å²) < 4.78 is 2.02. The van der Waals surface area contributed by atoms with Gasteiger partial charge < -0.3 is 10.4 Å². The van der Waals surface area contributed by atoms with Crippen molar-refractivity contribution in [2.45, 2.75) is 32.9 Å². The van der Waals surface area contributed by atoms with Crippen molar-refractivity contribution in [3.63, 3.8) is 0 Å². The standard InChI is InChI=1S/C12H19N3OS/c1-9(2)5-11(16)7-13-6-10-8-15-3-4-17-12(15)14-10/h3-4,8-9,11,13,16H,5-7H2,1-2H3. The predicted octanol–water partition coefficient (Wildman–Crippen LogP) is 1.89. The van der Waals surface area contributed by atoms with E-state index in [1.54, 1.807) is 11.3 Å². The molecule has 5 heteroatoms. The second kappa shape index (κ2) is 5.62. The van der Waals surface area contributed by atoms with E-state index in [4.69, 9.17) is 0 Å². The van der Waals surface area contributed by atoms with Crippen LogP contribution in [0.4, 0.5) is 0 Å². The molecule has 0 fully saturated rings. The predicted molar refractivity (Wildman–Crippen MR) is 70.2 cm³/mol. The molecule has 0 radical (unpaired) electrons. The highest BCUT2D eigenvalue weighted by molar-refractivity contribution is 7.15. The molecule has 0 aliphatic heterocycles. The molecule has 2 N–H and O–H groups in total. The molecule has 0 aromatic carbocycles. The van der Waals surface area contributed by atoms with Gasteiger partial charge in [-0.1, -0.05) is 13.8 Å². The zero-order valence-electron chi connectivity index (χ0n) is 10.3. The molecule has 94 valence electrons. The Hall–Kier alpha value is -0.910. The number of aromatic nitrogens is 2. The Balaban J connectivity index is 1.77. The first-order valence-electron chi connectivity index (χ1n) is 5.95. The average molecular weight is 253 g/mol. The molecule has 2 heterocycles. The normalized spacial score (nSPS) is 13.6. The summed E-state index contributed by atoms with van der Waals surface area (Å²) in [6.07, 6.45) is 4.60. The van der Waals surface area contributed by atoms with Crippen LogP contribution in [-0.4, -0.2) is 27.1 Å². The zero-order chi connectivity index (χ0) is 12.3. The van der Waals surface area contributed by atoms with Gasteiger partial charge in [0, 0.05) is 30.9 Å². The molecule has 1 unspecified atom stereocenters. The Kier molecular flexibility index (Phi) is 4.15. The largest absolute Gasteiger partial charge is 0.392 e. The third kappa shape index (κ3) is 3.52. The molecule has 0 amide bonds. The van der Waals surface area contributed by atoms with Crippen LogP contribution < -0.4 is 5.32 Å². The highest BCUT2D eigenvalue weighted by Gasteiger charge is 2.07. The van der Waals surface area contributed by atoms with Gasteiger partial charge in [-0.15, -0.1) is 11.3 Å². The molecule has 2 rings (SSSR count). The topological polar surface area (TPSA) is 49.6 Å². The zero-order valence-corrected chi connectivity index (χ0v) is 11.1. The van der Waals surface area contributed by atoms with Crippen molar-refractivity contribution in [1.29, 1.82) is 0 Å². The lowest BCUT2D eigenvalue weighted by molar-refractivity contribution is 0.146. The van der Waals surface area contributed by atoms with Crippen LogP contribution in [-0.2, 0) is 6.54 Å². The number of aliphatic hydroxyl groups excluding tert-OH is 1. The van der Waals surface area contributed by atoms with Crippen LogP contribution in [0.1, 0.15) is 26.0 Å². The molecule has 0 aliphatic carbocycles. The van der Waals surface area contributed by atoms with Gasteiger partial charge in [0.1, 0.15) is 0 Å². The molecular weight excluding hydrogens is 234 g/mol. The highest BCUT2D eigenvalue weighted by atomic mass is 32.1. The van der Waals surface area contributed by atoms with Crippen molar-refractivity contribution in [2.24, 2.45) is 5.92 Å². The monoisotopic (exact) mass is 253 g/mol. The van der Waals surface area contributed by atoms with Crippen LogP contribution in [0.3, 0.4) is 0 Å². The Labute approximate surface area is 105 Å². The second-order valence-electron chi connectivity index (χ2n) is 4.74. The van der Waals surface area contributed by atoms with Crippen molar-refractivity contribution in [3.8, 4) is 0 Å². The first kappa shape index (κ1) is 12.5. The lowest BCUT2D eigenvalue weighted by atomic mass is 10.1. The number of fused-ring (bicyclic) bond motifs is 1. The van der Waals surface area contributed by atoms with Gasteiger partial charge in [0.25, 0.3) is 0 Å². The summed E-state index contributed by atoms with van der Waals surface area (Å²) in [6, 6.07) is 0. The van der Waals surface area contributed by atoms with Crippen LogP contribution in [0.5, 0.6) is 0 Å². The second-order valence-corrected chi connectivity index (χ2v) is 5.61. The minimum absolute atomic E-state index is 0.265. The van der Waals surface area contributed by atoms with Gasteiger partial charge in [-0.2, -0.15) is 0 Å². The van der Waals surface area contributed by atoms with Gasteiger partial charge >= 0.3 is 0 Å². The van der Waals surface area contributed by atoms with Crippen LogP contribution in [0.25, 0.3) is 4.96 Å². The van der Waals surface area contributed by atoms with Crippen molar-refractivity contribution in [1.82, 2.24) is 14.7 Å². The molecule has 0 aliphatic rings. The number of imidazole rings is 1. The fraction of sp³-hybridized carbons (Fsp3) is 0.583. The molecule has 2 aromatic heterocycles. The summed E-state index contributed by atoms with van der Waals surface area (Å²) in [7, 11) is 0. The first-order chi connectivity index (χ1) is 8.15. The van der Waals surface area contributed by atoms with E-state index in [0.717, 1.165) is 17.1 Å². The molecule has 1 atom stereocenters. The van der Waals surface area contributed by atoms with Gasteiger partial charge in [-0.3, -0.25) is 4.40 Å². The molecular formula is C12H19N3OS. The van der Waals surface area contributed by atoms with Crippen molar-refractivity contribution < 1.29 is 5.11 Å². The fourth-order valence-electron chi connectivity index (χ4n) is 1.86. The third-order valence-corrected chi connectivity index (χ3v) is 3.34. The van der Waals surface area contributed by atoms with Gasteiger partial charge in [0.2, 0.25) is 0 Å². The number of nitrogens with one attached hydrogen (secondary N) is 1. The van der Waals surface area contributed by atoms with E-state index in [2.05, 4.69) is 24.1 Å². The number of thiazole rings is 1. The lowest BCUT2D eigenvalue weighted by Gasteiger charge is -2.13. The maximum Gasteiger partial charge on any atom is 0.193 e. The maximum atomic E-state index is 9.71. The summed E-state index contributed by atoms with van der Waals surface area (Å²) in [4.78, 5) is 5.49. The molecule has 17 heavy (non-hydrogen) atoms. The van der Waals surface area contributed by atoms with E-state index in [-0.39, 0.29) is 6.10 Å². The summed E-state index contributed by atoms with van der Waals surface area (Å²) in [5.41, 5.74) is 1.02. The summed E-state index contributed by atoms with van der Waals surface area (Å²) >= 11 is 1.63. The number of rotatable bonds is 6. The highest BCUT2D eigenvalue weighted by Crippen LogP contribution is 2.11. The summed E-state index contributed by atoms with van der Waals surface area (Å²) in [6.45, 7) is 5.58. The minimum Gasteiger partial charge on any atom is -0.392 e. The number of aliphatic hydroxyl groups is 1.